The first-order valence-corrected chi connectivity index (χ1v) is 8.86. The molecule has 1 heterocycles. The quantitative estimate of drug-likeness (QED) is 0.800. The second-order valence-electron chi connectivity index (χ2n) is 7.02. The number of ether oxygens (including phenoxy) is 1. The Bertz CT molecular complexity index is 527. The molecule has 1 aliphatic rings. The van der Waals surface area contributed by atoms with Crippen LogP contribution in [0.1, 0.15) is 37.8 Å². The highest BCUT2D eigenvalue weighted by molar-refractivity contribution is 5.81. The van der Waals surface area contributed by atoms with E-state index >= 15 is 0 Å². The highest BCUT2D eigenvalue weighted by atomic mass is 16.5. The van der Waals surface area contributed by atoms with Crippen molar-refractivity contribution in [2.24, 2.45) is 11.7 Å². The molecule has 0 saturated carbocycles. The zero-order valence-corrected chi connectivity index (χ0v) is 15.1. The molecule has 0 bridgehead atoms. The third-order valence-corrected chi connectivity index (χ3v) is 4.85. The first-order valence-electron chi connectivity index (χ1n) is 8.86. The molecule has 24 heavy (non-hydrogen) atoms. The van der Waals surface area contributed by atoms with Crippen LogP contribution >= 0.6 is 0 Å². The number of hydrogen-bond donors (Lipinski definition) is 2. The van der Waals surface area contributed by atoms with Gasteiger partial charge >= 0.3 is 0 Å². The van der Waals surface area contributed by atoms with Crippen molar-refractivity contribution in [1.29, 1.82) is 0 Å². The lowest BCUT2D eigenvalue weighted by atomic mass is 9.92. The molecule has 2 rings (SSSR count). The van der Waals surface area contributed by atoms with Gasteiger partial charge in [0, 0.05) is 32.3 Å². The summed E-state index contributed by atoms with van der Waals surface area (Å²) in [5.41, 5.74) is 8.48. The zero-order valence-electron chi connectivity index (χ0n) is 15.1. The molecule has 1 aromatic carbocycles. The lowest BCUT2D eigenvalue weighted by Crippen LogP contribution is -2.46. The maximum atomic E-state index is 12.3. The highest BCUT2D eigenvalue weighted by Crippen LogP contribution is 2.17. The summed E-state index contributed by atoms with van der Waals surface area (Å²) in [6.45, 7) is 7.20. The Morgan fingerprint density at radius 1 is 1.33 bits per heavy atom. The molecular formula is C19H31N3O2. The minimum absolute atomic E-state index is 0.0633. The fraction of sp³-hybridized carbons (Fsp3) is 0.632. The molecule has 1 amide bonds. The molecule has 0 radical (unpaired) electrons. The van der Waals surface area contributed by atoms with Crippen LogP contribution in [0.5, 0.6) is 0 Å². The predicted molar refractivity (Wildman–Crippen MR) is 96.4 cm³/mol. The molecule has 5 nitrogen and oxygen atoms in total. The molecule has 1 saturated heterocycles. The second-order valence-corrected chi connectivity index (χ2v) is 7.02. The zero-order chi connectivity index (χ0) is 17.5. The van der Waals surface area contributed by atoms with Crippen LogP contribution in [0.25, 0.3) is 0 Å². The normalized spacial score (nSPS) is 17.2. The molecule has 0 spiro atoms. The number of nitrogens with two attached hydrogens (primary N) is 1. The van der Waals surface area contributed by atoms with Crippen LogP contribution in [0.2, 0.25) is 0 Å². The van der Waals surface area contributed by atoms with Gasteiger partial charge in [0.15, 0.2) is 0 Å². The van der Waals surface area contributed by atoms with Gasteiger partial charge in [0.1, 0.15) is 0 Å². The maximum Gasteiger partial charge on any atom is 0.237 e. The van der Waals surface area contributed by atoms with E-state index in [-0.39, 0.29) is 11.8 Å². The van der Waals surface area contributed by atoms with Crippen LogP contribution in [0.15, 0.2) is 24.3 Å². The number of amides is 1. The van der Waals surface area contributed by atoms with Crippen LogP contribution in [0.3, 0.4) is 0 Å². The van der Waals surface area contributed by atoms with Crippen LogP contribution in [0, 0.1) is 5.92 Å². The van der Waals surface area contributed by atoms with Gasteiger partial charge in [-0.1, -0.05) is 24.3 Å². The molecule has 1 fully saturated rings. The van der Waals surface area contributed by atoms with Crippen LogP contribution in [-0.2, 0) is 22.6 Å². The van der Waals surface area contributed by atoms with E-state index in [4.69, 9.17) is 10.5 Å². The second kappa shape index (κ2) is 9.16. The molecule has 1 unspecified atom stereocenters. The number of carbonyl (C=O) groups excluding carboxylic acids is 1. The molecule has 3 N–H and O–H groups in total. The summed E-state index contributed by atoms with van der Waals surface area (Å²) in [5.74, 6) is 0.163. The summed E-state index contributed by atoms with van der Waals surface area (Å²) >= 11 is 0. The number of benzene rings is 1. The van der Waals surface area contributed by atoms with Gasteiger partial charge in [-0.3, -0.25) is 9.69 Å². The predicted octanol–water partition coefficient (Wildman–Crippen LogP) is 1.90. The highest BCUT2D eigenvalue weighted by Gasteiger charge is 2.26. The first kappa shape index (κ1) is 18.9. The van der Waals surface area contributed by atoms with Gasteiger partial charge in [0.2, 0.25) is 5.91 Å². The van der Waals surface area contributed by atoms with Gasteiger partial charge in [-0.25, -0.2) is 0 Å². The summed E-state index contributed by atoms with van der Waals surface area (Å²) in [4.78, 5) is 14.6. The van der Waals surface area contributed by atoms with Crippen molar-refractivity contribution in [1.82, 2.24) is 10.2 Å². The molecule has 0 aromatic heterocycles. The fourth-order valence-electron chi connectivity index (χ4n) is 2.90. The van der Waals surface area contributed by atoms with E-state index in [0.29, 0.717) is 25.8 Å². The molecule has 5 heteroatoms. The lowest BCUT2D eigenvalue weighted by Gasteiger charge is -2.26. The molecule has 134 valence electrons. The summed E-state index contributed by atoms with van der Waals surface area (Å²) in [6.07, 6.45) is 1.73. The first-order chi connectivity index (χ1) is 11.5. The Morgan fingerprint density at radius 3 is 2.67 bits per heavy atom. The van der Waals surface area contributed by atoms with Crippen molar-refractivity contribution >= 4 is 5.91 Å². The molecule has 1 aromatic rings. The average molecular weight is 333 g/mol. The van der Waals surface area contributed by atoms with Crippen molar-refractivity contribution in [2.75, 3.05) is 20.3 Å². The molecule has 0 aliphatic carbocycles. The summed E-state index contributed by atoms with van der Waals surface area (Å²) in [5, 5.41) is 2.98. The Balaban J connectivity index is 1.85. The Labute approximate surface area is 145 Å². The van der Waals surface area contributed by atoms with E-state index in [0.717, 1.165) is 24.9 Å². The van der Waals surface area contributed by atoms with Crippen molar-refractivity contribution in [3.05, 3.63) is 35.4 Å². The van der Waals surface area contributed by atoms with Gasteiger partial charge < -0.3 is 15.8 Å². The fourth-order valence-corrected chi connectivity index (χ4v) is 2.90. The molecule has 1 atom stereocenters. The van der Waals surface area contributed by atoms with E-state index < -0.39 is 6.04 Å². The average Bonchev–Trinajstić information content (AvgIpc) is 2.60. The summed E-state index contributed by atoms with van der Waals surface area (Å²) in [7, 11) is 2.12. The Morgan fingerprint density at radius 2 is 2.00 bits per heavy atom. The van der Waals surface area contributed by atoms with Crippen LogP contribution in [-0.4, -0.2) is 43.2 Å². The van der Waals surface area contributed by atoms with Crippen molar-refractivity contribution in [3.63, 3.8) is 0 Å². The SMILES string of the molecule is CC(C)N(C)Cc1cccc(CNC(=O)C(N)C2CCOCC2)c1. The number of carbonyl (C=O) groups is 1. The Kier molecular flexibility index (Phi) is 7.21. The van der Waals surface area contributed by atoms with Gasteiger partial charge in [0.05, 0.1) is 6.04 Å². The summed E-state index contributed by atoms with van der Waals surface area (Å²) < 4.78 is 5.33. The Hall–Kier alpha value is -1.43. The van der Waals surface area contributed by atoms with Crippen LogP contribution in [0.4, 0.5) is 0 Å². The maximum absolute atomic E-state index is 12.3. The van der Waals surface area contributed by atoms with E-state index in [1.165, 1.54) is 5.56 Å². The van der Waals surface area contributed by atoms with Crippen molar-refractivity contribution < 1.29 is 9.53 Å². The van der Waals surface area contributed by atoms with Crippen LogP contribution < -0.4 is 11.1 Å². The van der Waals surface area contributed by atoms with Crippen molar-refractivity contribution in [2.45, 2.75) is 51.9 Å². The van der Waals surface area contributed by atoms with E-state index in [9.17, 15) is 4.79 Å². The van der Waals surface area contributed by atoms with Gasteiger partial charge in [-0.05, 0) is 50.8 Å². The topological polar surface area (TPSA) is 67.6 Å². The van der Waals surface area contributed by atoms with Crippen molar-refractivity contribution in [3.8, 4) is 0 Å². The van der Waals surface area contributed by atoms with E-state index in [1.54, 1.807) is 0 Å². The number of nitrogens with one attached hydrogen (secondary N) is 1. The number of hydrogen-bond acceptors (Lipinski definition) is 4. The van der Waals surface area contributed by atoms with E-state index in [1.807, 2.05) is 12.1 Å². The van der Waals surface area contributed by atoms with Gasteiger partial charge in [-0.15, -0.1) is 0 Å². The monoisotopic (exact) mass is 333 g/mol. The van der Waals surface area contributed by atoms with Gasteiger partial charge in [0.25, 0.3) is 0 Å². The number of nitrogens with zero attached hydrogens (tertiary/aromatic N) is 1. The minimum Gasteiger partial charge on any atom is -0.381 e. The number of rotatable bonds is 7. The third kappa shape index (κ3) is 5.58. The lowest BCUT2D eigenvalue weighted by molar-refractivity contribution is -0.124. The molecular weight excluding hydrogens is 302 g/mol. The third-order valence-electron chi connectivity index (χ3n) is 4.85. The summed E-state index contributed by atoms with van der Waals surface area (Å²) in [6, 6.07) is 8.43. The smallest absolute Gasteiger partial charge is 0.237 e. The largest absolute Gasteiger partial charge is 0.381 e. The standard InChI is InChI=1S/C19H31N3O2/c1-14(2)22(3)13-16-6-4-5-15(11-16)12-21-19(23)18(20)17-7-9-24-10-8-17/h4-6,11,14,17-18H,7-10,12-13,20H2,1-3H3,(H,21,23). The van der Waals surface area contributed by atoms with E-state index in [2.05, 4.69) is 43.2 Å². The van der Waals surface area contributed by atoms with Gasteiger partial charge in [-0.2, -0.15) is 0 Å². The minimum atomic E-state index is -0.441. The molecule has 1 aliphatic heterocycles.